The largest absolute Gasteiger partial charge is 0.496 e. The number of fused-ring (bicyclic) bond motifs is 1. The van der Waals surface area contributed by atoms with Crippen LogP contribution in [0, 0.1) is 0 Å². The van der Waals surface area contributed by atoms with Crippen molar-refractivity contribution < 1.29 is 27.4 Å². The van der Waals surface area contributed by atoms with E-state index in [0.29, 0.717) is 17.1 Å². The first kappa shape index (κ1) is 23.4. The van der Waals surface area contributed by atoms with Gasteiger partial charge in [-0.3, -0.25) is 4.79 Å². The number of halogens is 4. The third kappa shape index (κ3) is 5.10. The average Bonchev–Trinajstić information content (AvgIpc) is 2.83. The fourth-order valence-electron chi connectivity index (χ4n) is 3.56. The fourth-order valence-corrected chi connectivity index (χ4v) is 3.74. The van der Waals surface area contributed by atoms with Crippen LogP contribution in [-0.4, -0.2) is 13.0 Å². The zero-order valence-corrected chi connectivity index (χ0v) is 18.7. The second-order valence-electron chi connectivity index (χ2n) is 7.43. The van der Waals surface area contributed by atoms with Gasteiger partial charge in [0, 0.05) is 21.5 Å². The second-order valence-corrected chi connectivity index (χ2v) is 7.87. The van der Waals surface area contributed by atoms with Crippen LogP contribution in [0.4, 0.5) is 18.9 Å². The molecule has 4 aromatic carbocycles. The minimum Gasteiger partial charge on any atom is -0.496 e. The predicted molar refractivity (Wildman–Crippen MR) is 126 cm³/mol. The van der Waals surface area contributed by atoms with Gasteiger partial charge in [0.05, 0.1) is 18.4 Å². The zero-order valence-electron chi connectivity index (χ0n) is 17.9. The summed E-state index contributed by atoms with van der Waals surface area (Å²) >= 11 is 5.71. The highest BCUT2D eigenvalue weighted by molar-refractivity contribution is 6.30. The number of carbonyl (C=O) groups is 1. The van der Waals surface area contributed by atoms with Crippen LogP contribution < -0.4 is 14.8 Å². The first-order chi connectivity index (χ1) is 16.3. The third-order valence-electron chi connectivity index (χ3n) is 5.21. The van der Waals surface area contributed by atoms with Gasteiger partial charge in [-0.05, 0) is 47.9 Å². The summed E-state index contributed by atoms with van der Waals surface area (Å²) in [5.41, 5.74) is -0.691. The van der Waals surface area contributed by atoms with Crippen LogP contribution >= 0.6 is 11.6 Å². The molecule has 0 saturated heterocycles. The number of amides is 1. The number of anilines is 1. The van der Waals surface area contributed by atoms with Crippen LogP contribution in [0.5, 0.6) is 11.5 Å². The minimum absolute atomic E-state index is 0.0809. The number of alkyl halides is 3. The van der Waals surface area contributed by atoms with Crippen LogP contribution in [0.15, 0.2) is 78.9 Å². The first-order valence-electron chi connectivity index (χ1n) is 10.2. The van der Waals surface area contributed by atoms with Crippen molar-refractivity contribution in [2.45, 2.75) is 12.8 Å². The number of methoxy groups -OCH3 is 1. The molecule has 1 N–H and O–H groups in total. The standard InChI is InChI=1S/C26H19ClF3NO3/c1-33-23-12-9-17(25(32)31-22-11-10-19(27)14-21(22)26(28,29)30)13-18(23)15-34-24-8-4-6-16-5-2-3-7-20(16)24/h2-14H,15H2,1H3,(H,31,32). The summed E-state index contributed by atoms with van der Waals surface area (Å²) < 4.78 is 51.5. The SMILES string of the molecule is COc1ccc(C(=O)Nc2ccc(Cl)cc2C(F)(F)F)cc1COc1cccc2ccccc12. The van der Waals surface area contributed by atoms with E-state index < -0.39 is 17.6 Å². The summed E-state index contributed by atoms with van der Waals surface area (Å²) in [7, 11) is 1.49. The minimum atomic E-state index is -4.68. The molecule has 0 radical (unpaired) electrons. The molecule has 4 rings (SSSR count). The molecule has 8 heteroatoms. The zero-order chi connectivity index (χ0) is 24.3. The van der Waals surface area contributed by atoms with Crippen molar-refractivity contribution in [1.29, 1.82) is 0 Å². The van der Waals surface area contributed by atoms with E-state index in [4.69, 9.17) is 21.1 Å². The van der Waals surface area contributed by atoms with E-state index in [-0.39, 0.29) is 22.9 Å². The van der Waals surface area contributed by atoms with E-state index >= 15 is 0 Å². The lowest BCUT2D eigenvalue weighted by molar-refractivity contribution is -0.136. The number of hydrogen-bond donors (Lipinski definition) is 1. The third-order valence-corrected chi connectivity index (χ3v) is 5.45. The summed E-state index contributed by atoms with van der Waals surface area (Å²) in [5.74, 6) is 0.437. The highest BCUT2D eigenvalue weighted by Gasteiger charge is 2.34. The number of nitrogens with one attached hydrogen (secondary N) is 1. The van der Waals surface area contributed by atoms with Gasteiger partial charge in [-0.1, -0.05) is 48.0 Å². The van der Waals surface area contributed by atoms with E-state index in [9.17, 15) is 18.0 Å². The van der Waals surface area contributed by atoms with Gasteiger partial charge in [-0.25, -0.2) is 0 Å². The van der Waals surface area contributed by atoms with Gasteiger partial charge in [0.15, 0.2) is 0 Å². The van der Waals surface area contributed by atoms with Crippen LogP contribution in [0.2, 0.25) is 5.02 Å². The first-order valence-corrected chi connectivity index (χ1v) is 10.6. The molecule has 0 aliphatic rings. The van der Waals surface area contributed by atoms with Crippen LogP contribution in [-0.2, 0) is 12.8 Å². The monoisotopic (exact) mass is 485 g/mol. The fraction of sp³-hybridized carbons (Fsp3) is 0.115. The number of carbonyl (C=O) groups excluding carboxylic acids is 1. The molecule has 0 unspecified atom stereocenters. The maximum absolute atomic E-state index is 13.4. The second kappa shape index (κ2) is 9.65. The molecule has 4 nitrogen and oxygen atoms in total. The molecule has 34 heavy (non-hydrogen) atoms. The molecule has 1 amide bonds. The lowest BCUT2D eigenvalue weighted by atomic mass is 10.1. The molecule has 0 bridgehead atoms. The molecule has 0 aliphatic carbocycles. The molecule has 0 atom stereocenters. The maximum atomic E-state index is 13.4. The average molecular weight is 486 g/mol. The summed E-state index contributed by atoms with van der Waals surface area (Å²) in [6.45, 7) is 0.0903. The van der Waals surface area contributed by atoms with E-state index in [1.165, 1.54) is 25.3 Å². The summed E-state index contributed by atoms with van der Waals surface area (Å²) in [6.07, 6.45) is -4.68. The molecule has 174 valence electrons. The normalized spacial score (nSPS) is 11.3. The quantitative estimate of drug-likeness (QED) is 0.310. The molecular weight excluding hydrogens is 467 g/mol. The Bertz CT molecular complexity index is 1350. The number of benzene rings is 4. The Morgan fingerprint density at radius 3 is 2.47 bits per heavy atom. The summed E-state index contributed by atoms with van der Waals surface area (Å²) in [4.78, 5) is 12.8. The van der Waals surface area contributed by atoms with Gasteiger partial charge in [0.1, 0.15) is 18.1 Å². The Morgan fingerprint density at radius 2 is 1.71 bits per heavy atom. The smallest absolute Gasteiger partial charge is 0.418 e. The highest BCUT2D eigenvalue weighted by Crippen LogP contribution is 2.37. The predicted octanol–water partition coefficient (Wildman–Crippen LogP) is 7.35. The van der Waals surface area contributed by atoms with Gasteiger partial charge in [-0.15, -0.1) is 0 Å². The number of hydrogen-bond acceptors (Lipinski definition) is 3. The van der Waals surface area contributed by atoms with Crippen molar-refractivity contribution >= 4 is 34.0 Å². The molecule has 0 aromatic heterocycles. The summed E-state index contributed by atoms with van der Waals surface area (Å²) in [5, 5.41) is 4.19. The lowest BCUT2D eigenvalue weighted by Gasteiger charge is -2.16. The Balaban J connectivity index is 1.59. The van der Waals surface area contributed by atoms with Crippen LogP contribution in [0.1, 0.15) is 21.5 Å². The van der Waals surface area contributed by atoms with Gasteiger partial charge in [0.2, 0.25) is 0 Å². The van der Waals surface area contributed by atoms with Crippen molar-refractivity contribution in [3.63, 3.8) is 0 Å². The van der Waals surface area contributed by atoms with Gasteiger partial charge >= 0.3 is 6.18 Å². The maximum Gasteiger partial charge on any atom is 0.418 e. The van der Waals surface area contributed by atoms with Crippen LogP contribution in [0.25, 0.3) is 10.8 Å². The number of rotatable bonds is 6. The Hall–Kier alpha value is -3.71. The molecular formula is C26H19ClF3NO3. The molecule has 0 heterocycles. The topological polar surface area (TPSA) is 47.6 Å². The van der Waals surface area contributed by atoms with E-state index in [1.54, 1.807) is 6.07 Å². The molecule has 0 aliphatic heterocycles. The van der Waals surface area contributed by atoms with Crippen molar-refractivity contribution in [2.24, 2.45) is 0 Å². The Morgan fingerprint density at radius 1 is 0.941 bits per heavy atom. The van der Waals surface area contributed by atoms with Gasteiger partial charge in [-0.2, -0.15) is 13.2 Å². The van der Waals surface area contributed by atoms with Crippen molar-refractivity contribution in [1.82, 2.24) is 0 Å². The van der Waals surface area contributed by atoms with E-state index in [0.717, 1.165) is 22.9 Å². The van der Waals surface area contributed by atoms with E-state index in [1.807, 2.05) is 42.5 Å². The highest BCUT2D eigenvalue weighted by atomic mass is 35.5. The van der Waals surface area contributed by atoms with E-state index in [2.05, 4.69) is 5.32 Å². The lowest BCUT2D eigenvalue weighted by Crippen LogP contribution is -2.17. The van der Waals surface area contributed by atoms with Gasteiger partial charge < -0.3 is 14.8 Å². The van der Waals surface area contributed by atoms with Crippen molar-refractivity contribution in [2.75, 3.05) is 12.4 Å². The molecule has 0 saturated carbocycles. The van der Waals surface area contributed by atoms with Gasteiger partial charge in [0.25, 0.3) is 5.91 Å². The Kier molecular flexibility index (Phi) is 6.65. The number of ether oxygens (including phenoxy) is 2. The molecule has 4 aromatic rings. The van der Waals surface area contributed by atoms with Crippen molar-refractivity contribution in [3.05, 3.63) is 101 Å². The summed E-state index contributed by atoms with van der Waals surface area (Å²) in [6, 6.07) is 21.2. The molecule has 0 fully saturated rings. The molecule has 0 spiro atoms. The van der Waals surface area contributed by atoms with Crippen molar-refractivity contribution in [3.8, 4) is 11.5 Å². The Labute approximate surface area is 198 Å². The van der Waals surface area contributed by atoms with Crippen LogP contribution in [0.3, 0.4) is 0 Å².